The molecule has 0 fully saturated rings. The Kier molecular flexibility index (Phi) is 7.09. The topological polar surface area (TPSA) is 69.1 Å². The van der Waals surface area contributed by atoms with Gasteiger partial charge in [-0.1, -0.05) is 30.1 Å². The van der Waals surface area contributed by atoms with Crippen molar-refractivity contribution in [1.29, 1.82) is 0 Å². The molecule has 0 saturated carbocycles. The Labute approximate surface area is 200 Å². The summed E-state index contributed by atoms with van der Waals surface area (Å²) in [6, 6.07) is 0.817. The lowest BCUT2D eigenvalue weighted by atomic mass is 10.1. The second kappa shape index (κ2) is 9.17. The first-order valence-electron chi connectivity index (χ1n) is 9.43. The maximum absolute atomic E-state index is 13.7. The molecule has 0 radical (unpaired) electrons. The van der Waals surface area contributed by atoms with Crippen LogP contribution in [0.15, 0.2) is 33.5 Å². The number of hydrogen-bond donors (Lipinski definition) is 2. The fourth-order valence-electron chi connectivity index (χ4n) is 3.17. The van der Waals surface area contributed by atoms with Gasteiger partial charge in [-0.25, -0.2) is 9.98 Å². The van der Waals surface area contributed by atoms with Gasteiger partial charge in [-0.05, 0) is 18.6 Å². The van der Waals surface area contributed by atoms with Crippen molar-refractivity contribution in [2.24, 2.45) is 9.98 Å². The number of anilines is 1. The molecule has 1 amide bonds. The van der Waals surface area contributed by atoms with Crippen molar-refractivity contribution in [3.8, 4) is 0 Å². The van der Waals surface area contributed by atoms with Gasteiger partial charge < -0.3 is 5.32 Å². The van der Waals surface area contributed by atoms with Gasteiger partial charge in [0.15, 0.2) is 11.9 Å². The maximum atomic E-state index is 13.7. The van der Waals surface area contributed by atoms with E-state index in [1.165, 1.54) is 0 Å². The quantitative estimate of drug-likeness (QED) is 0.463. The standard InChI is InChI=1S/C18H12Cl2F9N5O/c1-2-3-9(35)30-14-10-12(17(24,25)26)31-15(18(27,28)29)32-13(10)33-34(14)11-7(19)4-6(5-8(11)20)16(21,22)23/h4-5,13,33H,2-3H2,1H3,(H,30,35). The third-order valence-electron chi connectivity index (χ3n) is 4.55. The average Bonchev–Trinajstić information content (AvgIpc) is 3.02. The Hall–Kier alpha value is -2.52. The van der Waals surface area contributed by atoms with Gasteiger partial charge in [0.2, 0.25) is 11.7 Å². The molecule has 2 N–H and O–H groups in total. The van der Waals surface area contributed by atoms with Crippen LogP contribution < -0.4 is 15.8 Å². The Bertz CT molecular complexity index is 1120. The summed E-state index contributed by atoms with van der Waals surface area (Å²) in [4.78, 5) is 18.0. The van der Waals surface area contributed by atoms with E-state index in [1.54, 1.807) is 6.92 Å². The molecule has 1 unspecified atom stereocenters. The molecule has 0 saturated heterocycles. The molecule has 0 spiro atoms. The first-order valence-corrected chi connectivity index (χ1v) is 10.2. The zero-order chi connectivity index (χ0) is 26.5. The molecule has 2 aliphatic rings. The van der Waals surface area contributed by atoms with E-state index in [1.807, 2.05) is 0 Å². The van der Waals surface area contributed by atoms with Gasteiger partial charge in [-0.3, -0.25) is 9.80 Å². The van der Waals surface area contributed by atoms with Gasteiger partial charge in [-0.15, -0.1) is 0 Å². The summed E-state index contributed by atoms with van der Waals surface area (Å²) in [6.07, 6.45) is -17.8. The Morgan fingerprint density at radius 1 is 1.03 bits per heavy atom. The highest BCUT2D eigenvalue weighted by Gasteiger charge is 2.52. The minimum Gasteiger partial charge on any atom is -0.311 e. The molecule has 1 aromatic rings. The van der Waals surface area contributed by atoms with Crippen LogP contribution in [0.5, 0.6) is 0 Å². The van der Waals surface area contributed by atoms with Crippen LogP contribution in [0.4, 0.5) is 45.2 Å². The zero-order valence-electron chi connectivity index (χ0n) is 17.1. The summed E-state index contributed by atoms with van der Waals surface area (Å²) in [7, 11) is 0. The lowest BCUT2D eigenvalue weighted by Crippen LogP contribution is -2.43. The van der Waals surface area contributed by atoms with Crippen molar-refractivity contribution in [1.82, 2.24) is 10.7 Å². The molecular weight excluding hydrogens is 544 g/mol. The van der Waals surface area contributed by atoms with E-state index in [9.17, 15) is 44.3 Å². The molecular formula is C18H12Cl2F9N5O. The summed E-state index contributed by atoms with van der Waals surface area (Å²) < 4.78 is 120. The lowest BCUT2D eigenvalue weighted by Gasteiger charge is -2.26. The summed E-state index contributed by atoms with van der Waals surface area (Å²) >= 11 is 11.9. The predicted octanol–water partition coefficient (Wildman–Crippen LogP) is 5.77. The number of hydrogen-bond acceptors (Lipinski definition) is 5. The van der Waals surface area contributed by atoms with Crippen LogP contribution >= 0.6 is 23.2 Å². The van der Waals surface area contributed by atoms with Crippen LogP contribution in [0, 0.1) is 0 Å². The minimum atomic E-state index is -5.44. The molecule has 17 heteroatoms. The Morgan fingerprint density at radius 2 is 1.60 bits per heavy atom. The van der Waals surface area contributed by atoms with Crippen LogP contribution in [-0.2, 0) is 11.0 Å². The third kappa shape index (κ3) is 5.51. The number of halogens is 11. The number of nitrogens with zero attached hydrogens (tertiary/aromatic N) is 3. The molecule has 1 aromatic carbocycles. The van der Waals surface area contributed by atoms with Crippen LogP contribution in [0.1, 0.15) is 25.3 Å². The number of hydrazine groups is 1. The van der Waals surface area contributed by atoms with Gasteiger partial charge in [0.1, 0.15) is 5.82 Å². The first kappa shape index (κ1) is 27.1. The van der Waals surface area contributed by atoms with Gasteiger partial charge in [-0.2, -0.15) is 44.9 Å². The second-order valence-electron chi connectivity index (χ2n) is 7.12. The SMILES string of the molecule is CCCC(=O)NC1=C2C(C(F)(F)F)=NC(C(F)(F)F)=NC2NN1c1c(Cl)cc(C(F)(F)F)cc1Cl. The molecule has 0 aromatic heterocycles. The highest BCUT2D eigenvalue weighted by atomic mass is 35.5. The normalized spacial score (nSPS) is 19.0. The summed E-state index contributed by atoms with van der Waals surface area (Å²) in [5, 5.41) is 1.20. The molecule has 35 heavy (non-hydrogen) atoms. The van der Waals surface area contributed by atoms with Crippen molar-refractivity contribution in [2.45, 2.75) is 44.5 Å². The highest BCUT2D eigenvalue weighted by molar-refractivity contribution is 6.39. The van der Waals surface area contributed by atoms with Crippen molar-refractivity contribution in [3.63, 3.8) is 0 Å². The van der Waals surface area contributed by atoms with E-state index in [4.69, 9.17) is 23.2 Å². The van der Waals surface area contributed by atoms with E-state index in [0.717, 1.165) is 0 Å². The molecule has 1 atom stereocenters. The van der Waals surface area contributed by atoms with E-state index in [0.29, 0.717) is 17.1 Å². The number of aliphatic imine (C=N–C) groups is 2. The van der Waals surface area contributed by atoms with E-state index in [-0.39, 0.29) is 12.8 Å². The zero-order valence-corrected chi connectivity index (χ0v) is 18.6. The molecule has 0 aliphatic carbocycles. The van der Waals surface area contributed by atoms with Crippen molar-refractivity contribution >= 4 is 46.3 Å². The fraction of sp³-hybridized carbons (Fsp3) is 0.389. The number of alkyl halides is 9. The first-order chi connectivity index (χ1) is 15.9. The van der Waals surface area contributed by atoms with Gasteiger partial charge in [0.05, 0.1) is 26.9 Å². The average molecular weight is 556 g/mol. The molecule has 192 valence electrons. The minimum absolute atomic E-state index is 0.209. The van der Waals surface area contributed by atoms with Crippen molar-refractivity contribution in [3.05, 3.63) is 39.1 Å². The monoisotopic (exact) mass is 555 g/mol. The van der Waals surface area contributed by atoms with Crippen molar-refractivity contribution in [2.75, 3.05) is 5.01 Å². The van der Waals surface area contributed by atoms with Crippen LogP contribution in [0.3, 0.4) is 0 Å². The number of amides is 1. The lowest BCUT2D eigenvalue weighted by molar-refractivity contribution is -0.137. The highest BCUT2D eigenvalue weighted by Crippen LogP contribution is 2.44. The Morgan fingerprint density at radius 3 is 2.06 bits per heavy atom. The van der Waals surface area contributed by atoms with Gasteiger partial charge >= 0.3 is 18.5 Å². The number of rotatable bonds is 4. The van der Waals surface area contributed by atoms with E-state index < -0.39 is 74.8 Å². The van der Waals surface area contributed by atoms with Gasteiger partial charge in [0, 0.05) is 6.42 Å². The number of amidine groups is 1. The number of fused-ring (bicyclic) bond motifs is 1. The predicted molar refractivity (Wildman–Crippen MR) is 108 cm³/mol. The summed E-state index contributed by atoms with van der Waals surface area (Å²) in [6.45, 7) is 1.57. The number of nitrogens with one attached hydrogen (secondary N) is 2. The Balaban J connectivity index is 2.26. The molecule has 0 bridgehead atoms. The second-order valence-corrected chi connectivity index (χ2v) is 7.94. The maximum Gasteiger partial charge on any atom is 0.451 e. The number of carbonyl (C=O) groups is 1. The number of benzene rings is 1. The van der Waals surface area contributed by atoms with E-state index >= 15 is 0 Å². The van der Waals surface area contributed by atoms with Crippen LogP contribution in [0.25, 0.3) is 0 Å². The number of carbonyl (C=O) groups excluding carboxylic acids is 1. The van der Waals surface area contributed by atoms with Crippen molar-refractivity contribution < 1.29 is 44.3 Å². The summed E-state index contributed by atoms with van der Waals surface area (Å²) in [5.41, 5.74) is -2.73. The summed E-state index contributed by atoms with van der Waals surface area (Å²) in [5.74, 6) is -3.76. The molecule has 6 nitrogen and oxygen atoms in total. The van der Waals surface area contributed by atoms with Crippen LogP contribution in [-0.4, -0.2) is 36.0 Å². The van der Waals surface area contributed by atoms with Gasteiger partial charge in [0.25, 0.3) is 0 Å². The third-order valence-corrected chi connectivity index (χ3v) is 5.13. The fourth-order valence-corrected chi connectivity index (χ4v) is 3.83. The van der Waals surface area contributed by atoms with Crippen LogP contribution in [0.2, 0.25) is 10.0 Å². The smallest absolute Gasteiger partial charge is 0.311 e. The molecule has 2 aliphatic heterocycles. The van der Waals surface area contributed by atoms with E-state index in [2.05, 4.69) is 20.7 Å². The molecule has 3 rings (SSSR count). The molecule has 2 heterocycles. The largest absolute Gasteiger partial charge is 0.451 e.